The van der Waals surface area contributed by atoms with Crippen LogP contribution in [0.4, 0.5) is 5.69 Å². The van der Waals surface area contributed by atoms with Gasteiger partial charge in [-0.25, -0.2) is 8.42 Å². The molecule has 9 nitrogen and oxygen atoms in total. The van der Waals surface area contributed by atoms with Crippen molar-refractivity contribution < 1.29 is 27.5 Å². The van der Waals surface area contributed by atoms with E-state index in [0.29, 0.717) is 5.75 Å². The lowest BCUT2D eigenvalue weighted by Crippen LogP contribution is -2.56. The first-order valence-electron chi connectivity index (χ1n) is 15.3. The number of hydrogen-bond acceptors (Lipinski definition) is 6. The molecule has 0 aliphatic carbocycles. The second-order valence-electron chi connectivity index (χ2n) is 12.3. The molecule has 1 atom stereocenters. The highest BCUT2D eigenvalue weighted by molar-refractivity contribution is 7.92. The summed E-state index contributed by atoms with van der Waals surface area (Å²) in [5, 5.41) is 3.05. The van der Waals surface area contributed by atoms with E-state index in [1.165, 1.54) is 31.3 Å². The Morgan fingerprint density at radius 2 is 1.43 bits per heavy atom. The molecule has 0 aliphatic rings. The summed E-state index contributed by atoms with van der Waals surface area (Å²) in [5.74, 6) is -0.137. The number of nitrogens with one attached hydrogen (secondary N) is 1. The molecule has 248 valence electrons. The van der Waals surface area contributed by atoms with Crippen LogP contribution < -0.4 is 19.1 Å². The number of hydrogen-bond donors (Lipinski definition) is 1. The zero-order valence-corrected chi connectivity index (χ0v) is 28.6. The Balaban J connectivity index is 1.85. The number of para-hydroxylation sites is 2. The summed E-state index contributed by atoms with van der Waals surface area (Å²) >= 11 is 0. The number of anilines is 1. The monoisotopic (exact) mass is 657 g/mol. The van der Waals surface area contributed by atoms with Gasteiger partial charge in [-0.2, -0.15) is 0 Å². The third-order valence-corrected chi connectivity index (χ3v) is 9.43. The summed E-state index contributed by atoms with van der Waals surface area (Å²) in [7, 11) is -1.37. The molecule has 0 fully saturated rings. The number of aryl methyl sites for hydroxylation is 1. The number of methoxy groups -OCH3 is 2. The Hall–Kier alpha value is -4.83. The molecule has 0 saturated heterocycles. The van der Waals surface area contributed by atoms with E-state index in [2.05, 4.69) is 5.32 Å². The highest BCUT2D eigenvalue weighted by Crippen LogP contribution is 2.33. The van der Waals surface area contributed by atoms with Crippen LogP contribution in [0.3, 0.4) is 0 Å². The van der Waals surface area contributed by atoms with Gasteiger partial charge in [0.15, 0.2) is 0 Å². The predicted octanol–water partition coefficient (Wildman–Crippen LogP) is 5.76. The zero-order chi connectivity index (χ0) is 34.2. The Labute approximate surface area is 278 Å². The van der Waals surface area contributed by atoms with Gasteiger partial charge in [0.2, 0.25) is 11.8 Å². The molecule has 2 amide bonds. The highest BCUT2D eigenvalue weighted by atomic mass is 32.2. The van der Waals surface area contributed by atoms with Crippen molar-refractivity contribution in [1.29, 1.82) is 0 Å². The quantitative estimate of drug-likeness (QED) is 0.196. The topological polar surface area (TPSA) is 105 Å². The summed E-state index contributed by atoms with van der Waals surface area (Å²) in [6.07, 6.45) is 0.222. The number of ether oxygens (including phenoxy) is 2. The maximum absolute atomic E-state index is 14.7. The van der Waals surface area contributed by atoms with Crippen molar-refractivity contribution in [2.45, 2.75) is 57.1 Å². The van der Waals surface area contributed by atoms with Gasteiger partial charge in [-0.3, -0.25) is 13.9 Å². The fraction of sp³-hybridized carbons (Fsp3) is 0.297. The van der Waals surface area contributed by atoms with Gasteiger partial charge < -0.3 is 19.7 Å². The van der Waals surface area contributed by atoms with E-state index >= 15 is 0 Å². The lowest BCUT2D eigenvalue weighted by Gasteiger charge is -2.35. The predicted molar refractivity (Wildman–Crippen MR) is 184 cm³/mol. The Morgan fingerprint density at radius 1 is 0.809 bits per heavy atom. The minimum Gasteiger partial charge on any atom is -0.497 e. The fourth-order valence-corrected chi connectivity index (χ4v) is 6.63. The average molecular weight is 658 g/mol. The molecular weight excluding hydrogens is 614 g/mol. The van der Waals surface area contributed by atoms with Crippen molar-refractivity contribution in [1.82, 2.24) is 10.2 Å². The van der Waals surface area contributed by atoms with Gasteiger partial charge in [0.25, 0.3) is 10.0 Å². The first-order chi connectivity index (χ1) is 22.3. The smallest absolute Gasteiger partial charge is 0.264 e. The molecule has 4 aromatic rings. The number of carbonyl (C=O) groups is 2. The standard InChI is InChI=1S/C37H43N3O6S/c1-27-14-10-11-17-29(27)25-39(33(36(42)38-37(2,3)4)24-28-15-8-7-9-16-28)35(41)26-40(32-18-12-13-19-34(32)46-6)47(43,44)31-22-20-30(45-5)21-23-31/h7-23,33H,24-26H2,1-6H3,(H,38,42)/t33-/m1/s1. The molecule has 0 aromatic heterocycles. The van der Waals surface area contributed by atoms with Gasteiger partial charge >= 0.3 is 0 Å². The third kappa shape index (κ3) is 8.92. The van der Waals surface area contributed by atoms with Gasteiger partial charge in [0.05, 0.1) is 24.8 Å². The van der Waals surface area contributed by atoms with Crippen LogP contribution in [0.5, 0.6) is 11.5 Å². The van der Waals surface area contributed by atoms with Gasteiger partial charge in [0, 0.05) is 18.5 Å². The van der Waals surface area contributed by atoms with E-state index in [1.807, 2.05) is 82.3 Å². The van der Waals surface area contributed by atoms with Crippen LogP contribution in [0.15, 0.2) is 108 Å². The van der Waals surface area contributed by atoms with Crippen LogP contribution in [0.1, 0.15) is 37.5 Å². The van der Waals surface area contributed by atoms with E-state index in [-0.39, 0.29) is 35.2 Å². The van der Waals surface area contributed by atoms with Crippen molar-refractivity contribution in [3.05, 3.63) is 120 Å². The maximum atomic E-state index is 14.7. The zero-order valence-electron chi connectivity index (χ0n) is 27.8. The number of rotatable bonds is 13. The Morgan fingerprint density at radius 3 is 2.04 bits per heavy atom. The Kier molecular flexibility index (Phi) is 11.3. The molecule has 47 heavy (non-hydrogen) atoms. The molecule has 0 saturated carbocycles. The molecule has 1 N–H and O–H groups in total. The van der Waals surface area contributed by atoms with E-state index in [4.69, 9.17) is 9.47 Å². The second-order valence-corrected chi connectivity index (χ2v) is 14.1. The molecule has 4 rings (SSSR count). The van der Waals surface area contributed by atoms with Crippen molar-refractivity contribution >= 4 is 27.5 Å². The molecule has 0 spiro atoms. The summed E-state index contributed by atoms with van der Waals surface area (Å²) < 4.78 is 40.5. The summed E-state index contributed by atoms with van der Waals surface area (Å²) in [4.78, 5) is 30.2. The Bertz CT molecular complexity index is 1770. The lowest BCUT2D eigenvalue weighted by molar-refractivity contribution is -0.140. The van der Waals surface area contributed by atoms with E-state index in [1.54, 1.807) is 36.4 Å². The van der Waals surface area contributed by atoms with Crippen molar-refractivity contribution in [3.63, 3.8) is 0 Å². The van der Waals surface area contributed by atoms with Gasteiger partial charge in [-0.1, -0.05) is 66.7 Å². The number of sulfonamides is 1. The molecule has 0 heterocycles. The molecule has 10 heteroatoms. The molecular formula is C37H43N3O6S. The normalized spacial score (nSPS) is 12.1. The third-order valence-electron chi connectivity index (χ3n) is 7.65. The first-order valence-corrected chi connectivity index (χ1v) is 16.8. The van der Waals surface area contributed by atoms with Gasteiger partial charge in [-0.15, -0.1) is 0 Å². The van der Waals surface area contributed by atoms with Crippen molar-refractivity contribution in [3.8, 4) is 11.5 Å². The minimum atomic E-state index is -4.31. The van der Waals surface area contributed by atoms with Crippen LogP contribution in [0.25, 0.3) is 0 Å². The van der Waals surface area contributed by atoms with Crippen LogP contribution in [-0.2, 0) is 32.6 Å². The highest BCUT2D eigenvalue weighted by Gasteiger charge is 2.36. The first kappa shape index (κ1) is 35.0. The van der Waals surface area contributed by atoms with E-state index < -0.39 is 34.1 Å². The fourth-order valence-electron chi connectivity index (χ4n) is 5.20. The molecule has 0 aliphatic heterocycles. The average Bonchev–Trinajstić information content (AvgIpc) is 3.05. The van der Waals surface area contributed by atoms with Crippen LogP contribution in [0, 0.1) is 6.92 Å². The minimum absolute atomic E-state index is 0.0335. The molecule has 0 unspecified atom stereocenters. The van der Waals surface area contributed by atoms with Gasteiger partial charge in [0.1, 0.15) is 24.1 Å². The molecule has 0 radical (unpaired) electrons. The van der Waals surface area contributed by atoms with Crippen molar-refractivity contribution in [2.24, 2.45) is 0 Å². The number of benzene rings is 4. The SMILES string of the molecule is COc1ccc(S(=O)(=O)N(CC(=O)N(Cc2ccccc2C)[C@H](Cc2ccccc2)C(=O)NC(C)(C)C)c2ccccc2OC)cc1. The second kappa shape index (κ2) is 15.2. The maximum Gasteiger partial charge on any atom is 0.264 e. The number of amides is 2. The summed E-state index contributed by atoms with van der Waals surface area (Å²) in [6.45, 7) is 7.07. The van der Waals surface area contributed by atoms with Crippen LogP contribution in [0.2, 0.25) is 0 Å². The molecule has 0 bridgehead atoms. The van der Waals surface area contributed by atoms with Crippen LogP contribution >= 0.6 is 0 Å². The van der Waals surface area contributed by atoms with E-state index in [9.17, 15) is 18.0 Å². The summed E-state index contributed by atoms with van der Waals surface area (Å²) in [5.41, 5.74) is 2.24. The summed E-state index contributed by atoms with van der Waals surface area (Å²) in [6, 6.07) is 28.7. The van der Waals surface area contributed by atoms with Gasteiger partial charge in [-0.05, 0) is 80.8 Å². The number of carbonyl (C=O) groups excluding carboxylic acids is 2. The van der Waals surface area contributed by atoms with Crippen molar-refractivity contribution in [2.75, 3.05) is 25.1 Å². The number of nitrogens with zero attached hydrogens (tertiary/aromatic N) is 2. The van der Waals surface area contributed by atoms with Crippen LogP contribution in [-0.4, -0.2) is 57.5 Å². The largest absolute Gasteiger partial charge is 0.497 e. The van der Waals surface area contributed by atoms with E-state index in [0.717, 1.165) is 21.0 Å². The molecule has 4 aromatic carbocycles. The lowest BCUT2D eigenvalue weighted by atomic mass is 10.00.